The molecule has 2 aromatic rings. The van der Waals surface area contributed by atoms with Gasteiger partial charge in [0, 0.05) is 5.92 Å². The van der Waals surface area contributed by atoms with Crippen molar-refractivity contribution in [3.05, 3.63) is 40.7 Å². The maximum atomic E-state index is 5.94. The Balaban J connectivity index is 2.42. The Morgan fingerprint density at radius 2 is 1.80 bits per heavy atom. The van der Waals surface area contributed by atoms with Gasteiger partial charge in [0.2, 0.25) is 5.88 Å². The summed E-state index contributed by atoms with van der Waals surface area (Å²) in [7, 11) is 0. The summed E-state index contributed by atoms with van der Waals surface area (Å²) in [5, 5.41) is 0. The maximum absolute atomic E-state index is 5.94. The Morgan fingerprint density at radius 3 is 2.40 bits per heavy atom. The molecule has 0 unspecified atom stereocenters. The minimum absolute atomic E-state index is 0.208. The first-order valence-corrected chi connectivity index (χ1v) is 6.77. The third kappa shape index (κ3) is 2.90. The molecule has 1 aromatic heterocycles. The predicted molar refractivity (Wildman–Crippen MR) is 81.3 cm³/mol. The molecule has 0 spiro atoms. The molecular formula is C16H21N3O. The summed E-state index contributed by atoms with van der Waals surface area (Å²) in [6.45, 7) is 10.0. The molecule has 2 N–H and O–H groups in total. The standard InChI is InChI=1S/C16H21N3O/c1-9(2)15-18-14(17)12(5)16(19-15)20-13-7-6-10(3)8-11(13)4/h6-9H,1-5H3,(H2,17,18,19). The van der Waals surface area contributed by atoms with Crippen LogP contribution >= 0.6 is 0 Å². The zero-order chi connectivity index (χ0) is 14.9. The number of rotatable bonds is 3. The lowest BCUT2D eigenvalue weighted by Crippen LogP contribution is -2.06. The fourth-order valence-corrected chi connectivity index (χ4v) is 1.91. The topological polar surface area (TPSA) is 61.0 Å². The summed E-state index contributed by atoms with van der Waals surface area (Å²) < 4.78 is 5.94. The molecule has 0 atom stereocenters. The first kappa shape index (κ1) is 14.3. The Bertz CT molecular complexity index is 636. The van der Waals surface area contributed by atoms with E-state index in [2.05, 4.69) is 23.0 Å². The molecule has 2 rings (SSSR count). The molecule has 0 saturated heterocycles. The van der Waals surface area contributed by atoms with Crippen molar-refractivity contribution in [3.8, 4) is 11.6 Å². The third-order valence-electron chi connectivity index (χ3n) is 3.21. The van der Waals surface area contributed by atoms with Crippen LogP contribution in [-0.2, 0) is 0 Å². The van der Waals surface area contributed by atoms with E-state index in [4.69, 9.17) is 10.5 Å². The van der Waals surface area contributed by atoms with E-state index in [-0.39, 0.29) is 5.92 Å². The Morgan fingerprint density at radius 1 is 1.10 bits per heavy atom. The van der Waals surface area contributed by atoms with Crippen molar-refractivity contribution in [1.82, 2.24) is 9.97 Å². The smallest absolute Gasteiger partial charge is 0.227 e. The second-order valence-corrected chi connectivity index (χ2v) is 5.42. The van der Waals surface area contributed by atoms with Crippen molar-refractivity contribution in [1.29, 1.82) is 0 Å². The fourth-order valence-electron chi connectivity index (χ4n) is 1.91. The average molecular weight is 271 g/mol. The van der Waals surface area contributed by atoms with Crippen LogP contribution < -0.4 is 10.5 Å². The first-order chi connectivity index (χ1) is 9.38. The SMILES string of the molecule is Cc1ccc(Oc2nc(C(C)C)nc(N)c2C)c(C)c1. The molecule has 0 radical (unpaired) electrons. The van der Waals surface area contributed by atoms with E-state index in [9.17, 15) is 0 Å². The average Bonchev–Trinajstić information content (AvgIpc) is 2.37. The van der Waals surface area contributed by atoms with Gasteiger partial charge in [-0.05, 0) is 32.4 Å². The van der Waals surface area contributed by atoms with Crippen molar-refractivity contribution in [3.63, 3.8) is 0 Å². The lowest BCUT2D eigenvalue weighted by Gasteiger charge is -2.14. The molecule has 1 aromatic carbocycles. The van der Waals surface area contributed by atoms with Gasteiger partial charge in [-0.2, -0.15) is 4.98 Å². The van der Waals surface area contributed by atoms with Gasteiger partial charge in [0.25, 0.3) is 0 Å². The molecule has 0 fully saturated rings. The van der Waals surface area contributed by atoms with Crippen LogP contribution in [-0.4, -0.2) is 9.97 Å². The lowest BCUT2D eigenvalue weighted by atomic mass is 10.1. The van der Waals surface area contributed by atoms with Crippen LogP contribution in [0.1, 0.15) is 42.3 Å². The van der Waals surface area contributed by atoms with E-state index in [1.165, 1.54) is 5.56 Å². The monoisotopic (exact) mass is 271 g/mol. The molecule has 0 aliphatic carbocycles. The van der Waals surface area contributed by atoms with Crippen LogP contribution in [0.2, 0.25) is 0 Å². The first-order valence-electron chi connectivity index (χ1n) is 6.77. The zero-order valence-electron chi connectivity index (χ0n) is 12.7. The number of hydrogen-bond acceptors (Lipinski definition) is 4. The second-order valence-electron chi connectivity index (χ2n) is 5.42. The minimum Gasteiger partial charge on any atom is -0.438 e. The van der Waals surface area contributed by atoms with Crippen LogP contribution in [0.4, 0.5) is 5.82 Å². The van der Waals surface area contributed by atoms with E-state index in [1.807, 2.05) is 39.8 Å². The maximum Gasteiger partial charge on any atom is 0.227 e. The van der Waals surface area contributed by atoms with Gasteiger partial charge in [0.05, 0.1) is 5.56 Å². The highest BCUT2D eigenvalue weighted by atomic mass is 16.5. The number of nitrogens with zero attached hydrogens (tertiary/aromatic N) is 2. The lowest BCUT2D eigenvalue weighted by molar-refractivity contribution is 0.450. The molecule has 20 heavy (non-hydrogen) atoms. The fraction of sp³-hybridized carbons (Fsp3) is 0.375. The minimum atomic E-state index is 0.208. The summed E-state index contributed by atoms with van der Waals surface area (Å²) in [6, 6.07) is 6.06. The summed E-state index contributed by atoms with van der Waals surface area (Å²) in [4.78, 5) is 8.78. The van der Waals surface area contributed by atoms with Gasteiger partial charge in [0.15, 0.2) is 0 Å². The van der Waals surface area contributed by atoms with E-state index < -0.39 is 0 Å². The van der Waals surface area contributed by atoms with E-state index >= 15 is 0 Å². The van der Waals surface area contributed by atoms with Crippen molar-refractivity contribution in [2.24, 2.45) is 0 Å². The van der Waals surface area contributed by atoms with E-state index in [0.717, 1.165) is 16.9 Å². The Kier molecular flexibility index (Phi) is 3.93. The summed E-state index contributed by atoms with van der Waals surface area (Å²) >= 11 is 0. The number of aromatic nitrogens is 2. The van der Waals surface area contributed by atoms with Crippen LogP contribution in [0.15, 0.2) is 18.2 Å². The van der Waals surface area contributed by atoms with Crippen molar-refractivity contribution in [2.45, 2.75) is 40.5 Å². The van der Waals surface area contributed by atoms with Gasteiger partial charge in [-0.3, -0.25) is 0 Å². The third-order valence-corrected chi connectivity index (χ3v) is 3.21. The summed E-state index contributed by atoms with van der Waals surface area (Å²) in [5.41, 5.74) is 9.00. The van der Waals surface area contributed by atoms with Gasteiger partial charge in [-0.15, -0.1) is 0 Å². The van der Waals surface area contributed by atoms with Crippen LogP contribution in [0, 0.1) is 20.8 Å². The molecule has 4 heteroatoms. The van der Waals surface area contributed by atoms with Crippen LogP contribution in [0.3, 0.4) is 0 Å². The summed E-state index contributed by atoms with van der Waals surface area (Å²) in [6.07, 6.45) is 0. The summed E-state index contributed by atoms with van der Waals surface area (Å²) in [5.74, 6) is 2.72. The van der Waals surface area contributed by atoms with Crippen molar-refractivity contribution in [2.75, 3.05) is 5.73 Å². The van der Waals surface area contributed by atoms with Gasteiger partial charge >= 0.3 is 0 Å². The number of nitrogen functional groups attached to an aromatic ring is 1. The molecule has 0 amide bonds. The number of hydrogen-bond donors (Lipinski definition) is 1. The Labute approximate surface area is 120 Å². The molecule has 0 aliphatic rings. The normalized spacial score (nSPS) is 10.9. The predicted octanol–water partition coefficient (Wildman–Crippen LogP) is 3.90. The number of ether oxygens (including phenoxy) is 1. The van der Waals surface area contributed by atoms with Crippen LogP contribution in [0.25, 0.3) is 0 Å². The number of aryl methyl sites for hydroxylation is 2. The quantitative estimate of drug-likeness (QED) is 0.919. The van der Waals surface area contributed by atoms with Gasteiger partial charge in [-0.1, -0.05) is 31.5 Å². The molecule has 0 saturated carbocycles. The van der Waals surface area contributed by atoms with Gasteiger partial charge < -0.3 is 10.5 Å². The highest BCUT2D eigenvalue weighted by Crippen LogP contribution is 2.29. The number of benzene rings is 1. The number of nitrogens with two attached hydrogens (primary N) is 1. The molecule has 0 bridgehead atoms. The van der Waals surface area contributed by atoms with E-state index in [0.29, 0.717) is 17.5 Å². The highest BCUT2D eigenvalue weighted by molar-refractivity contribution is 5.47. The molecule has 106 valence electrons. The van der Waals surface area contributed by atoms with Crippen molar-refractivity contribution < 1.29 is 4.74 Å². The number of anilines is 1. The van der Waals surface area contributed by atoms with Crippen molar-refractivity contribution >= 4 is 5.82 Å². The van der Waals surface area contributed by atoms with E-state index in [1.54, 1.807) is 0 Å². The Hall–Kier alpha value is -2.10. The zero-order valence-corrected chi connectivity index (χ0v) is 12.7. The molecular weight excluding hydrogens is 250 g/mol. The van der Waals surface area contributed by atoms with Gasteiger partial charge in [0.1, 0.15) is 17.4 Å². The van der Waals surface area contributed by atoms with Gasteiger partial charge in [-0.25, -0.2) is 4.98 Å². The molecule has 1 heterocycles. The highest BCUT2D eigenvalue weighted by Gasteiger charge is 2.13. The second kappa shape index (κ2) is 5.49. The molecule has 4 nitrogen and oxygen atoms in total. The molecule has 0 aliphatic heterocycles. The van der Waals surface area contributed by atoms with Crippen LogP contribution in [0.5, 0.6) is 11.6 Å². The largest absolute Gasteiger partial charge is 0.438 e.